The van der Waals surface area contributed by atoms with E-state index in [4.69, 9.17) is 29.9 Å². The fourth-order valence-corrected chi connectivity index (χ4v) is 22.2. The SMILES string of the molecule is c1ccc2c(-c3ccc(-c4ccc5c(c4)c4ccccc4n5-c4nc5ccccc5c5nc6ccccc6n45)cc3)cccc2c1.c1ccc2c(c1)nc(-n1c3ccccc3c3cc(-c4ccc5c6ccccc6c6ccccc6c5c4)ccc31)n1c3ccccc3nc21.c1ccc2cc(-c3ccc(-c4ccc5c(c4)c4ccccc4n5-c4nc5ccccc5c5nc6ccccc6n45)cc3)ccc2c1. The van der Waals surface area contributed by atoms with Crippen molar-refractivity contribution in [1.29, 1.82) is 0 Å². The Labute approximate surface area is 800 Å². The molecule has 0 aliphatic carbocycles. The summed E-state index contributed by atoms with van der Waals surface area (Å²) in [5, 5.41) is 23.0. The van der Waals surface area contributed by atoms with Gasteiger partial charge in [-0.1, -0.05) is 334 Å². The highest BCUT2D eigenvalue weighted by atomic mass is 15.3. The van der Waals surface area contributed by atoms with E-state index in [0.717, 1.165) is 134 Å². The van der Waals surface area contributed by atoms with Gasteiger partial charge in [-0.25, -0.2) is 29.9 Å². The number of rotatable bonds is 8. The smallest absolute Gasteiger partial charge is 0.221 e. The first-order valence-corrected chi connectivity index (χ1v) is 47.5. The summed E-state index contributed by atoms with van der Waals surface area (Å²) in [6.45, 7) is 0. The average Bonchev–Trinajstić information content (AvgIpc) is 1.55. The van der Waals surface area contributed by atoms with Crippen molar-refractivity contribution in [3.05, 3.63) is 473 Å². The van der Waals surface area contributed by atoms with E-state index < -0.39 is 0 Å². The molecular formula is C128H78N12. The minimum absolute atomic E-state index is 0.834. The number of nitrogens with zero attached hydrogens (tertiary/aromatic N) is 12. The second-order valence-electron chi connectivity index (χ2n) is 36.4. The first-order valence-electron chi connectivity index (χ1n) is 47.5. The van der Waals surface area contributed by atoms with Crippen molar-refractivity contribution in [3.8, 4) is 73.5 Å². The Kier molecular flexibility index (Phi) is 17.5. The van der Waals surface area contributed by atoms with Crippen molar-refractivity contribution >= 4 is 202 Å². The second-order valence-corrected chi connectivity index (χ2v) is 36.4. The van der Waals surface area contributed by atoms with Crippen molar-refractivity contribution in [2.24, 2.45) is 0 Å². The van der Waals surface area contributed by atoms with Gasteiger partial charge in [0, 0.05) is 48.5 Å². The fourth-order valence-electron chi connectivity index (χ4n) is 22.2. The second kappa shape index (κ2) is 31.3. The van der Waals surface area contributed by atoms with E-state index in [1.807, 2.05) is 36.4 Å². The predicted octanol–water partition coefficient (Wildman–Crippen LogP) is 32.5. The van der Waals surface area contributed by atoms with Crippen LogP contribution >= 0.6 is 0 Å². The topological polar surface area (TPSA) is 105 Å². The maximum absolute atomic E-state index is 5.32. The number of fused-ring (bicyclic) bond motifs is 32. The average molecular weight is 1780 g/mol. The van der Waals surface area contributed by atoms with Crippen LogP contribution in [0.2, 0.25) is 0 Å². The summed E-state index contributed by atoms with van der Waals surface area (Å²) in [4.78, 5) is 31.2. The molecule has 0 N–H and O–H groups in total. The van der Waals surface area contributed by atoms with Gasteiger partial charge in [-0.2, -0.15) is 0 Å². The minimum Gasteiger partial charge on any atom is -0.279 e. The molecule has 31 aromatic rings. The highest BCUT2D eigenvalue weighted by Crippen LogP contribution is 2.45. The third kappa shape index (κ3) is 12.3. The molecule has 12 heteroatoms. The van der Waals surface area contributed by atoms with E-state index in [0.29, 0.717) is 0 Å². The minimum atomic E-state index is 0.834. The van der Waals surface area contributed by atoms with Crippen LogP contribution in [-0.2, 0) is 0 Å². The quantitative estimate of drug-likeness (QED) is 0.140. The zero-order valence-electron chi connectivity index (χ0n) is 75.4. The van der Waals surface area contributed by atoms with Gasteiger partial charge in [-0.15, -0.1) is 0 Å². The molecule has 0 aliphatic rings. The summed E-state index contributed by atoms with van der Waals surface area (Å²) in [5.41, 5.74) is 30.2. The Morgan fingerprint density at radius 3 is 0.793 bits per heavy atom. The summed E-state index contributed by atoms with van der Waals surface area (Å²) >= 11 is 0. The van der Waals surface area contributed by atoms with Crippen LogP contribution in [0.15, 0.2) is 473 Å². The Hall–Kier alpha value is -19.0. The fraction of sp³-hybridized carbons (Fsp3) is 0. The molecule has 0 saturated heterocycles. The molecule has 0 radical (unpaired) electrons. The van der Waals surface area contributed by atoms with E-state index in [-0.39, 0.29) is 0 Å². The molecule has 0 atom stereocenters. The van der Waals surface area contributed by atoms with E-state index in [2.05, 4.69) is 464 Å². The van der Waals surface area contributed by atoms with Crippen molar-refractivity contribution in [2.75, 3.05) is 0 Å². The van der Waals surface area contributed by atoms with Crippen molar-refractivity contribution in [3.63, 3.8) is 0 Å². The lowest BCUT2D eigenvalue weighted by Crippen LogP contribution is -2.06. The van der Waals surface area contributed by atoms with Gasteiger partial charge in [0.25, 0.3) is 0 Å². The molecule has 650 valence electrons. The van der Waals surface area contributed by atoms with Gasteiger partial charge >= 0.3 is 0 Å². The summed E-state index contributed by atoms with van der Waals surface area (Å²) in [6, 6.07) is 169. The van der Waals surface area contributed by atoms with Crippen LogP contribution in [0.25, 0.3) is 276 Å². The highest BCUT2D eigenvalue weighted by Gasteiger charge is 2.27. The lowest BCUT2D eigenvalue weighted by molar-refractivity contribution is 0.979. The number of imidazole rings is 3. The molecule has 31 rings (SSSR count). The van der Waals surface area contributed by atoms with Gasteiger partial charge in [0.1, 0.15) is 16.9 Å². The van der Waals surface area contributed by atoms with E-state index in [1.165, 1.54) is 142 Å². The summed E-state index contributed by atoms with van der Waals surface area (Å²) < 4.78 is 13.5. The van der Waals surface area contributed by atoms with Gasteiger partial charge in [0.05, 0.1) is 82.8 Å². The van der Waals surface area contributed by atoms with E-state index in [9.17, 15) is 0 Å². The standard InChI is InChI=1S/C44H26N4.2C42H26N4/c1-2-13-31-29(11-1)30-12-3-4-14-32(30)36-25-27(21-23-33(31)36)28-22-24-41-37(26-28)34-15-6-9-19-40(34)47(41)44-46-38-17-7-5-16-35(38)43-45-39-18-8-10-20-42(39)48(43)44;1-2-12-31-28(10-1)11-9-15-32(31)29-22-20-27(21-23-29)30-24-25-39-35(26-30)33-13-4-7-18-38(33)45(39)42-44-36-16-5-3-14-34(36)41-43-37-17-6-8-19-40(37)46(41)42;1-2-10-30-25-31(22-21-27(30)9-1)28-17-19-29(20-18-28)32-23-24-39-35(26-32)33-11-4-7-15-38(33)45(39)42-44-36-13-5-3-12-34(36)41-43-37-14-6-8-16-40(37)46(41)42/h1-26H;2*1-26H. The van der Waals surface area contributed by atoms with Gasteiger partial charge in [0.15, 0.2) is 0 Å². The summed E-state index contributed by atoms with van der Waals surface area (Å²) in [6.07, 6.45) is 0. The van der Waals surface area contributed by atoms with Gasteiger partial charge in [-0.05, 0) is 249 Å². The molecule has 140 heavy (non-hydrogen) atoms. The first-order chi connectivity index (χ1) is 69.4. The summed E-state index contributed by atoms with van der Waals surface area (Å²) in [7, 11) is 0. The Morgan fingerprint density at radius 2 is 0.386 bits per heavy atom. The molecule has 0 saturated carbocycles. The maximum Gasteiger partial charge on any atom is 0.221 e. The van der Waals surface area contributed by atoms with E-state index in [1.54, 1.807) is 0 Å². The molecule has 0 aliphatic heterocycles. The Morgan fingerprint density at radius 1 is 0.129 bits per heavy atom. The molecule has 0 unspecified atom stereocenters. The summed E-state index contributed by atoms with van der Waals surface area (Å²) in [5.74, 6) is 2.50. The largest absolute Gasteiger partial charge is 0.279 e. The zero-order chi connectivity index (χ0) is 91.7. The molecular weight excluding hydrogens is 1710 g/mol. The lowest BCUT2D eigenvalue weighted by atomic mass is 9.92. The monoisotopic (exact) mass is 1780 g/mol. The third-order valence-corrected chi connectivity index (χ3v) is 28.7. The number of benzene rings is 22. The molecule has 22 aromatic carbocycles. The first kappa shape index (κ1) is 78.4. The van der Waals surface area contributed by atoms with Crippen LogP contribution in [0.4, 0.5) is 0 Å². The van der Waals surface area contributed by atoms with Crippen molar-refractivity contribution in [2.45, 2.75) is 0 Å². The number of hydrogen-bond acceptors (Lipinski definition) is 6. The number of hydrogen-bond donors (Lipinski definition) is 0. The number of para-hydroxylation sites is 12. The molecule has 0 spiro atoms. The Balaban J connectivity index is 0.000000101. The molecule has 0 bridgehead atoms. The van der Waals surface area contributed by atoms with Crippen molar-refractivity contribution < 1.29 is 0 Å². The van der Waals surface area contributed by atoms with Gasteiger partial charge in [-0.3, -0.25) is 26.9 Å². The van der Waals surface area contributed by atoms with Crippen LogP contribution in [0.1, 0.15) is 0 Å². The number of aromatic nitrogens is 12. The molecule has 0 amide bonds. The Bertz CT molecular complexity index is 10600. The third-order valence-electron chi connectivity index (χ3n) is 28.7. The van der Waals surface area contributed by atoms with Crippen molar-refractivity contribution in [1.82, 2.24) is 56.8 Å². The van der Waals surface area contributed by atoms with Gasteiger partial charge in [0.2, 0.25) is 17.8 Å². The predicted molar refractivity (Wildman–Crippen MR) is 582 cm³/mol. The molecule has 9 heterocycles. The highest BCUT2D eigenvalue weighted by molar-refractivity contribution is 6.26. The van der Waals surface area contributed by atoms with Crippen LogP contribution in [-0.4, -0.2) is 56.8 Å². The lowest BCUT2D eigenvalue weighted by Gasteiger charge is -2.13. The zero-order valence-corrected chi connectivity index (χ0v) is 75.4. The maximum atomic E-state index is 5.32. The normalized spacial score (nSPS) is 12.0. The van der Waals surface area contributed by atoms with Crippen LogP contribution < -0.4 is 0 Å². The van der Waals surface area contributed by atoms with Crippen LogP contribution in [0, 0.1) is 0 Å². The molecule has 0 fully saturated rings. The van der Waals surface area contributed by atoms with E-state index >= 15 is 0 Å². The molecule has 12 nitrogen and oxygen atoms in total. The van der Waals surface area contributed by atoms with Crippen LogP contribution in [0.3, 0.4) is 0 Å². The molecule has 9 aromatic heterocycles. The van der Waals surface area contributed by atoms with Gasteiger partial charge < -0.3 is 0 Å². The van der Waals surface area contributed by atoms with Crippen LogP contribution in [0.5, 0.6) is 0 Å².